The van der Waals surface area contributed by atoms with Gasteiger partial charge in [0.1, 0.15) is 0 Å². The highest BCUT2D eigenvalue weighted by molar-refractivity contribution is 7.99. The van der Waals surface area contributed by atoms with Crippen LogP contribution in [-0.2, 0) is 0 Å². The fourth-order valence-corrected chi connectivity index (χ4v) is 0.971. The molecule has 1 radical (unpaired) electrons. The van der Waals surface area contributed by atoms with Crippen LogP contribution >= 0.6 is 11.8 Å². The van der Waals surface area contributed by atoms with Gasteiger partial charge in [-0.1, -0.05) is 6.92 Å². The van der Waals surface area contributed by atoms with Gasteiger partial charge in [-0.25, -0.2) is 8.78 Å². The summed E-state index contributed by atoms with van der Waals surface area (Å²) in [6, 6.07) is 0. The van der Waals surface area contributed by atoms with Gasteiger partial charge in [-0.15, -0.1) is 0 Å². The lowest BCUT2D eigenvalue weighted by Crippen LogP contribution is -2.17. The summed E-state index contributed by atoms with van der Waals surface area (Å²) in [6.45, 7) is 4.94. The van der Waals surface area contributed by atoms with Crippen molar-refractivity contribution in [1.29, 1.82) is 0 Å². The van der Waals surface area contributed by atoms with Crippen molar-refractivity contribution in [2.75, 3.05) is 11.5 Å². The summed E-state index contributed by atoms with van der Waals surface area (Å²) in [6.07, 6.45) is -0.0694. The second-order valence-electron chi connectivity index (χ2n) is 1.76. The summed E-state index contributed by atoms with van der Waals surface area (Å²) in [5, 5.41) is 0. The first-order valence-electron chi connectivity index (χ1n) is 2.87. The van der Waals surface area contributed by atoms with Crippen molar-refractivity contribution in [3.63, 3.8) is 0 Å². The Bertz CT molecular complexity index is 73.5. The van der Waals surface area contributed by atoms with E-state index in [0.717, 1.165) is 0 Å². The first kappa shape index (κ1) is 9.21. The average Bonchev–Trinajstić information content (AvgIpc) is 1.84. The molecule has 0 aromatic carbocycles. The Labute approximate surface area is 59.0 Å². The molecular weight excluding hydrogens is 142 g/mol. The van der Waals surface area contributed by atoms with Crippen molar-refractivity contribution < 1.29 is 8.78 Å². The van der Waals surface area contributed by atoms with Crippen LogP contribution in [0, 0.1) is 6.92 Å². The molecule has 0 unspecified atom stereocenters. The predicted octanol–water partition coefficient (Wildman–Crippen LogP) is 2.60. The van der Waals surface area contributed by atoms with E-state index in [2.05, 4.69) is 6.92 Å². The molecule has 3 heteroatoms. The van der Waals surface area contributed by atoms with E-state index < -0.39 is 5.92 Å². The molecule has 0 rings (SSSR count). The Hall–Kier alpha value is 0.210. The van der Waals surface area contributed by atoms with Gasteiger partial charge in [-0.3, -0.25) is 0 Å². The second-order valence-corrected chi connectivity index (χ2v) is 2.87. The van der Waals surface area contributed by atoms with Crippen molar-refractivity contribution in [3.05, 3.63) is 6.92 Å². The minimum absolute atomic E-state index is 0.0694. The predicted molar refractivity (Wildman–Crippen MR) is 37.9 cm³/mol. The Kier molecular flexibility index (Phi) is 4.19. The zero-order valence-electron chi connectivity index (χ0n) is 5.49. The minimum atomic E-state index is -2.48. The lowest BCUT2D eigenvalue weighted by molar-refractivity contribution is 0.0236. The normalized spacial score (nSPS) is 12.0. The molecule has 0 amide bonds. The van der Waals surface area contributed by atoms with Crippen LogP contribution in [0.1, 0.15) is 13.3 Å². The topological polar surface area (TPSA) is 0 Å². The van der Waals surface area contributed by atoms with Crippen molar-refractivity contribution in [2.24, 2.45) is 0 Å². The highest BCUT2D eigenvalue weighted by Gasteiger charge is 2.24. The largest absolute Gasteiger partial charge is 0.256 e. The van der Waals surface area contributed by atoms with E-state index in [9.17, 15) is 8.78 Å². The van der Waals surface area contributed by atoms with Crippen molar-refractivity contribution in [2.45, 2.75) is 19.3 Å². The van der Waals surface area contributed by atoms with Gasteiger partial charge < -0.3 is 0 Å². The van der Waals surface area contributed by atoms with Gasteiger partial charge in [-0.2, -0.15) is 11.8 Å². The lowest BCUT2D eigenvalue weighted by Gasteiger charge is -2.11. The standard InChI is InChI=1S/C6H11F2S/c1-3-6(7,8)5-9-4-2/h2-5H2,1H3. The molecule has 0 aromatic heterocycles. The Balaban J connectivity index is 3.33. The summed E-state index contributed by atoms with van der Waals surface area (Å²) in [5.74, 6) is -2.05. The maximum atomic E-state index is 12.3. The molecule has 0 nitrogen and oxygen atoms in total. The molecule has 0 saturated heterocycles. The van der Waals surface area contributed by atoms with Crippen LogP contribution in [0.4, 0.5) is 8.78 Å². The highest BCUT2D eigenvalue weighted by Crippen LogP contribution is 2.22. The number of rotatable bonds is 4. The fourth-order valence-electron chi connectivity index (χ4n) is 0.324. The van der Waals surface area contributed by atoms with E-state index in [4.69, 9.17) is 0 Å². The van der Waals surface area contributed by atoms with Gasteiger partial charge in [0.15, 0.2) is 0 Å². The second kappa shape index (κ2) is 4.09. The van der Waals surface area contributed by atoms with Gasteiger partial charge in [0, 0.05) is 6.42 Å². The van der Waals surface area contributed by atoms with Crippen molar-refractivity contribution >= 4 is 11.8 Å². The Morgan fingerprint density at radius 2 is 2.11 bits per heavy atom. The van der Waals surface area contributed by atoms with Crippen LogP contribution in [-0.4, -0.2) is 17.4 Å². The first-order valence-corrected chi connectivity index (χ1v) is 4.02. The van der Waals surface area contributed by atoms with Crippen molar-refractivity contribution in [1.82, 2.24) is 0 Å². The quantitative estimate of drug-likeness (QED) is 0.598. The summed E-state index contributed by atoms with van der Waals surface area (Å²) in [4.78, 5) is 0. The first-order chi connectivity index (χ1) is 4.12. The van der Waals surface area contributed by atoms with Crippen LogP contribution in [0.2, 0.25) is 0 Å². The molecule has 0 atom stereocenters. The lowest BCUT2D eigenvalue weighted by atomic mass is 10.3. The number of thioether (sulfide) groups is 1. The van der Waals surface area contributed by atoms with E-state index in [0.29, 0.717) is 5.75 Å². The molecule has 0 fully saturated rings. The minimum Gasteiger partial charge on any atom is -0.206 e. The molecule has 0 spiro atoms. The van der Waals surface area contributed by atoms with Gasteiger partial charge in [0.05, 0.1) is 5.75 Å². The van der Waals surface area contributed by atoms with E-state index in [1.807, 2.05) is 0 Å². The van der Waals surface area contributed by atoms with Crippen LogP contribution in [0.15, 0.2) is 0 Å². The van der Waals surface area contributed by atoms with Gasteiger partial charge in [-0.05, 0) is 12.7 Å². The van der Waals surface area contributed by atoms with Gasteiger partial charge in [0.25, 0.3) is 5.92 Å². The summed E-state index contributed by atoms with van der Waals surface area (Å²) >= 11 is 1.18. The summed E-state index contributed by atoms with van der Waals surface area (Å²) < 4.78 is 24.6. The molecule has 0 aliphatic rings. The molecular formula is C6H11F2S. The van der Waals surface area contributed by atoms with Gasteiger partial charge in [0.2, 0.25) is 0 Å². The third-order valence-corrected chi connectivity index (χ3v) is 1.89. The monoisotopic (exact) mass is 153 g/mol. The van der Waals surface area contributed by atoms with E-state index in [1.54, 1.807) is 0 Å². The molecule has 0 heterocycles. The number of halogens is 2. The number of hydrogen-bond acceptors (Lipinski definition) is 1. The van der Waals surface area contributed by atoms with E-state index in [-0.39, 0.29) is 12.2 Å². The number of hydrogen-bond donors (Lipinski definition) is 0. The third kappa shape index (κ3) is 4.70. The smallest absolute Gasteiger partial charge is 0.206 e. The van der Waals surface area contributed by atoms with E-state index >= 15 is 0 Å². The van der Waals surface area contributed by atoms with Crippen LogP contribution in [0.3, 0.4) is 0 Å². The Morgan fingerprint density at radius 1 is 1.56 bits per heavy atom. The van der Waals surface area contributed by atoms with Gasteiger partial charge >= 0.3 is 0 Å². The summed E-state index contributed by atoms with van der Waals surface area (Å²) in [7, 11) is 0. The molecule has 0 bridgehead atoms. The molecule has 0 aliphatic heterocycles. The maximum Gasteiger partial charge on any atom is 0.256 e. The maximum absolute atomic E-state index is 12.3. The fraction of sp³-hybridized carbons (Fsp3) is 0.833. The highest BCUT2D eigenvalue weighted by atomic mass is 32.2. The molecule has 0 saturated carbocycles. The van der Waals surface area contributed by atoms with Crippen molar-refractivity contribution in [3.8, 4) is 0 Å². The van der Waals surface area contributed by atoms with Crippen LogP contribution < -0.4 is 0 Å². The average molecular weight is 153 g/mol. The summed E-state index contributed by atoms with van der Waals surface area (Å²) in [5.41, 5.74) is 0. The zero-order chi connectivity index (χ0) is 7.33. The van der Waals surface area contributed by atoms with Crippen LogP contribution in [0.5, 0.6) is 0 Å². The Morgan fingerprint density at radius 3 is 2.44 bits per heavy atom. The molecule has 0 aromatic rings. The third-order valence-electron chi connectivity index (χ3n) is 0.975. The molecule has 0 aliphatic carbocycles. The SMILES string of the molecule is [CH2]CSCC(F)(F)CC. The van der Waals surface area contributed by atoms with Crippen LogP contribution in [0.25, 0.3) is 0 Å². The molecule has 55 valence electrons. The molecule has 0 N–H and O–H groups in total. The molecule has 9 heavy (non-hydrogen) atoms. The number of alkyl halides is 2. The zero-order valence-corrected chi connectivity index (χ0v) is 6.31. The van der Waals surface area contributed by atoms with E-state index in [1.165, 1.54) is 18.7 Å².